The molecule has 0 saturated carbocycles. The number of carbonyl (C=O) groups excluding carboxylic acids is 1. The van der Waals surface area contributed by atoms with Crippen LogP contribution in [-0.2, 0) is 16.0 Å². The molecule has 0 aromatic carbocycles. The van der Waals surface area contributed by atoms with Gasteiger partial charge in [-0.3, -0.25) is 4.98 Å². The molecule has 0 aliphatic rings. The molecule has 7 heteroatoms. The second-order valence-electron chi connectivity index (χ2n) is 5.25. The fraction of sp³-hybridized carbons (Fsp3) is 0.462. The van der Waals surface area contributed by atoms with E-state index in [4.69, 9.17) is 14.9 Å². The molecule has 1 heterocycles. The number of nitrogens with one attached hydrogen (secondary N) is 1. The van der Waals surface area contributed by atoms with Gasteiger partial charge in [-0.2, -0.15) is 0 Å². The Labute approximate surface area is 116 Å². The molecule has 20 heavy (non-hydrogen) atoms. The van der Waals surface area contributed by atoms with E-state index in [-0.39, 0.29) is 12.2 Å². The fourth-order valence-electron chi connectivity index (χ4n) is 1.40. The van der Waals surface area contributed by atoms with Gasteiger partial charge in [0.05, 0.1) is 6.20 Å². The van der Waals surface area contributed by atoms with Crippen LogP contribution in [-0.4, -0.2) is 38.9 Å². The maximum Gasteiger partial charge on any atom is 0.408 e. The first kappa shape index (κ1) is 15.7. The third-order valence-corrected chi connectivity index (χ3v) is 2.21. The van der Waals surface area contributed by atoms with Gasteiger partial charge in [0.25, 0.3) is 0 Å². The van der Waals surface area contributed by atoms with E-state index in [0.717, 1.165) is 0 Å². The predicted molar refractivity (Wildman–Crippen MR) is 70.4 cm³/mol. The molecule has 0 radical (unpaired) electrons. The first-order valence-corrected chi connectivity index (χ1v) is 6.03. The maximum absolute atomic E-state index is 11.6. The molecule has 0 fully saturated rings. The average molecular weight is 282 g/mol. The van der Waals surface area contributed by atoms with Gasteiger partial charge in [0.15, 0.2) is 0 Å². The summed E-state index contributed by atoms with van der Waals surface area (Å²) in [6, 6.07) is 1.73. The number of carboxylic acids is 1. The van der Waals surface area contributed by atoms with E-state index in [1.54, 1.807) is 20.8 Å². The van der Waals surface area contributed by atoms with Gasteiger partial charge in [0.2, 0.25) is 0 Å². The van der Waals surface area contributed by atoms with Gasteiger partial charge < -0.3 is 20.3 Å². The molecule has 1 rings (SSSR count). The van der Waals surface area contributed by atoms with Crippen LogP contribution in [0.2, 0.25) is 0 Å². The number of pyridine rings is 1. The first-order chi connectivity index (χ1) is 9.17. The highest BCUT2D eigenvalue weighted by molar-refractivity contribution is 5.80. The molecule has 1 amide bonds. The molecule has 1 aromatic rings. The zero-order valence-electron chi connectivity index (χ0n) is 11.6. The summed E-state index contributed by atoms with van der Waals surface area (Å²) < 4.78 is 5.00. The zero-order chi connectivity index (χ0) is 15.3. The SMILES string of the molecule is CC(C)(C)OC(=O)N[C@@H](Cc1ccc(O)cn1)C(=O)O. The molecule has 0 spiro atoms. The van der Waals surface area contributed by atoms with E-state index < -0.39 is 23.7 Å². The summed E-state index contributed by atoms with van der Waals surface area (Å²) in [5, 5.41) is 20.5. The number of alkyl carbamates (subject to hydrolysis) is 1. The third-order valence-electron chi connectivity index (χ3n) is 2.21. The number of rotatable bonds is 4. The van der Waals surface area contributed by atoms with E-state index in [9.17, 15) is 9.59 Å². The Morgan fingerprint density at radius 2 is 2.05 bits per heavy atom. The van der Waals surface area contributed by atoms with Crippen molar-refractivity contribution in [2.24, 2.45) is 0 Å². The van der Waals surface area contributed by atoms with Crippen LogP contribution in [0.3, 0.4) is 0 Å². The smallest absolute Gasteiger partial charge is 0.408 e. The maximum atomic E-state index is 11.6. The fourth-order valence-corrected chi connectivity index (χ4v) is 1.40. The molecular weight excluding hydrogens is 264 g/mol. The Morgan fingerprint density at radius 3 is 2.50 bits per heavy atom. The molecule has 3 N–H and O–H groups in total. The Kier molecular flexibility index (Phi) is 4.90. The zero-order valence-corrected chi connectivity index (χ0v) is 11.6. The normalized spacial score (nSPS) is 12.6. The van der Waals surface area contributed by atoms with Gasteiger partial charge in [0.1, 0.15) is 17.4 Å². The van der Waals surface area contributed by atoms with Gasteiger partial charge in [-0.1, -0.05) is 0 Å². The van der Waals surface area contributed by atoms with Gasteiger partial charge >= 0.3 is 12.1 Å². The quantitative estimate of drug-likeness (QED) is 0.768. The van der Waals surface area contributed by atoms with Gasteiger partial charge in [-0.25, -0.2) is 9.59 Å². The van der Waals surface area contributed by atoms with Gasteiger partial charge in [-0.15, -0.1) is 0 Å². The van der Waals surface area contributed by atoms with E-state index in [2.05, 4.69) is 10.3 Å². The first-order valence-electron chi connectivity index (χ1n) is 6.03. The van der Waals surface area contributed by atoms with Crippen LogP contribution in [0.25, 0.3) is 0 Å². The highest BCUT2D eigenvalue weighted by Gasteiger charge is 2.24. The van der Waals surface area contributed by atoms with E-state index >= 15 is 0 Å². The Bertz CT molecular complexity index is 479. The van der Waals surface area contributed by atoms with Crippen molar-refractivity contribution in [2.45, 2.75) is 38.8 Å². The van der Waals surface area contributed by atoms with Crippen LogP contribution in [0, 0.1) is 0 Å². The molecule has 1 aromatic heterocycles. The summed E-state index contributed by atoms with van der Waals surface area (Å²) in [5.41, 5.74) is -0.268. The number of nitrogens with zero attached hydrogens (tertiary/aromatic N) is 1. The number of aromatic hydroxyl groups is 1. The van der Waals surface area contributed by atoms with Crippen molar-refractivity contribution in [1.29, 1.82) is 0 Å². The molecular formula is C13H18N2O5. The molecule has 0 aliphatic heterocycles. The molecule has 0 bridgehead atoms. The minimum atomic E-state index is -1.19. The number of ether oxygens (including phenoxy) is 1. The van der Waals surface area contributed by atoms with Crippen LogP contribution < -0.4 is 5.32 Å². The van der Waals surface area contributed by atoms with Crippen molar-refractivity contribution < 1.29 is 24.5 Å². The van der Waals surface area contributed by atoms with Crippen LogP contribution in [0.1, 0.15) is 26.5 Å². The van der Waals surface area contributed by atoms with Crippen LogP contribution >= 0.6 is 0 Å². The topological polar surface area (TPSA) is 109 Å². The van der Waals surface area contributed by atoms with Crippen molar-refractivity contribution >= 4 is 12.1 Å². The molecule has 110 valence electrons. The predicted octanol–water partition coefficient (Wildman–Crippen LogP) is 1.31. The molecule has 0 aliphatic carbocycles. The summed E-state index contributed by atoms with van der Waals surface area (Å²) >= 11 is 0. The van der Waals surface area contributed by atoms with E-state index in [1.807, 2.05) is 0 Å². The third kappa shape index (κ3) is 5.55. The summed E-state index contributed by atoms with van der Waals surface area (Å²) in [6.07, 6.45) is 0.403. The Balaban J connectivity index is 2.68. The van der Waals surface area contributed by atoms with Crippen molar-refractivity contribution in [3.63, 3.8) is 0 Å². The van der Waals surface area contributed by atoms with Crippen molar-refractivity contribution in [3.05, 3.63) is 24.0 Å². The second-order valence-corrected chi connectivity index (χ2v) is 5.25. The van der Waals surface area contributed by atoms with Crippen LogP contribution in [0.5, 0.6) is 5.75 Å². The van der Waals surface area contributed by atoms with Crippen molar-refractivity contribution in [1.82, 2.24) is 10.3 Å². The minimum absolute atomic E-state index is 0.00510. The number of carboxylic acid groups (broad SMARTS) is 1. The van der Waals surface area contributed by atoms with E-state index in [0.29, 0.717) is 5.69 Å². The highest BCUT2D eigenvalue weighted by atomic mass is 16.6. The molecule has 1 atom stereocenters. The largest absolute Gasteiger partial charge is 0.506 e. The summed E-state index contributed by atoms with van der Waals surface area (Å²) in [5.74, 6) is -1.20. The number of aromatic nitrogens is 1. The minimum Gasteiger partial charge on any atom is -0.506 e. The number of hydrogen-bond donors (Lipinski definition) is 3. The summed E-state index contributed by atoms with van der Waals surface area (Å²) in [6.45, 7) is 5.05. The standard InChI is InChI=1S/C13H18N2O5/c1-13(2,3)20-12(19)15-10(11(17)18)6-8-4-5-9(16)7-14-8/h4-5,7,10,16H,6H2,1-3H3,(H,15,19)(H,17,18)/t10-/m0/s1. The lowest BCUT2D eigenvalue weighted by molar-refractivity contribution is -0.139. The molecule has 0 saturated heterocycles. The second kappa shape index (κ2) is 6.23. The van der Waals surface area contributed by atoms with Crippen LogP contribution in [0.15, 0.2) is 18.3 Å². The number of hydrogen-bond acceptors (Lipinski definition) is 5. The van der Waals surface area contributed by atoms with Crippen molar-refractivity contribution in [3.8, 4) is 5.75 Å². The number of amides is 1. The molecule has 7 nitrogen and oxygen atoms in total. The number of aliphatic carboxylic acids is 1. The lowest BCUT2D eigenvalue weighted by atomic mass is 10.1. The lowest BCUT2D eigenvalue weighted by Crippen LogP contribution is -2.44. The Morgan fingerprint density at radius 1 is 1.40 bits per heavy atom. The monoisotopic (exact) mass is 282 g/mol. The summed E-state index contributed by atoms with van der Waals surface area (Å²) in [4.78, 5) is 26.6. The van der Waals surface area contributed by atoms with E-state index in [1.165, 1.54) is 18.3 Å². The lowest BCUT2D eigenvalue weighted by Gasteiger charge is -2.21. The number of carbonyl (C=O) groups is 2. The van der Waals surface area contributed by atoms with Crippen molar-refractivity contribution in [2.75, 3.05) is 0 Å². The van der Waals surface area contributed by atoms with Crippen LogP contribution in [0.4, 0.5) is 4.79 Å². The highest BCUT2D eigenvalue weighted by Crippen LogP contribution is 2.10. The van der Waals surface area contributed by atoms with Gasteiger partial charge in [-0.05, 0) is 32.9 Å². The molecule has 0 unspecified atom stereocenters. The van der Waals surface area contributed by atoms with Gasteiger partial charge in [0, 0.05) is 12.1 Å². The average Bonchev–Trinajstić information content (AvgIpc) is 2.28. The Hall–Kier alpha value is -2.31. The summed E-state index contributed by atoms with van der Waals surface area (Å²) in [7, 11) is 0.